The first-order chi connectivity index (χ1) is 12.1. The highest BCUT2D eigenvalue weighted by Gasteiger charge is 2.08. The predicted molar refractivity (Wildman–Crippen MR) is 94.5 cm³/mol. The smallest absolute Gasteiger partial charge is 0.248 e. The predicted octanol–water partition coefficient (Wildman–Crippen LogP) is 2.92. The highest BCUT2D eigenvalue weighted by atomic mass is 32.1. The molecule has 1 aromatic carbocycles. The second-order valence-electron chi connectivity index (χ2n) is 5.06. The molecule has 0 atom stereocenters. The van der Waals surface area contributed by atoms with E-state index in [-0.39, 0.29) is 19.0 Å². The van der Waals surface area contributed by atoms with Gasteiger partial charge >= 0.3 is 0 Å². The second-order valence-corrected chi connectivity index (χ2v) is 6.12. The molecule has 0 N–H and O–H groups in total. The van der Waals surface area contributed by atoms with Gasteiger partial charge in [0.2, 0.25) is 5.91 Å². The van der Waals surface area contributed by atoms with Gasteiger partial charge in [0.25, 0.3) is 0 Å². The minimum absolute atomic E-state index is 0.112. The van der Waals surface area contributed by atoms with E-state index in [1.165, 1.54) is 11.0 Å². The number of hydrogen-bond acceptors (Lipinski definition) is 6. The Morgan fingerprint density at radius 3 is 2.52 bits per heavy atom. The van der Waals surface area contributed by atoms with Gasteiger partial charge in [0.1, 0.15) is 25.4 Å². The lowest BCUT2D eigenvalue weighted by Crippen LogP contribution is -2.30. The van der Waals surface area contributed by atoms with E-state index in [2.05, 4.69) is 4.98 Å². The van der Waals surface area contributed by atoms with Crippen LogP contribution in [0.3, 0.4) is 0 Å². The Bertz CT molecular complexity index is 812. The van der Waals surface area contributed by atoms with Crippen molar-refractivity contribution in [2.24, 2.45) is 0 Å². The fourth-order valence-corrected chi connectivity index (χ4v) is 2.56. The largest absolute Gasteiger partial charge is 0.487 e. The standard InChI is InChI=1S/C18H16N4O2S/c1-14-21-16(13-25-14)12-24-17-5-2-15(3-6-17)4-7-18(23)22(10-8-19)11-9-20/h2-7,13H,10-12H2,1H3. The van der Waals surface area contributed by atoms with Crippen LogP contribution in [0, 0.1) is 29.6 Å². The number of thiazole rings is 1. The molecule has 0 aliphatic carbocycles. The fourth-order valence-electron chi connectivity index (χ4n) is 1.96. The van der Waals surface area contributed by atoms with Crippen LogP contribution in [0.5, 0.6) is 5.75 Å². The summed E-state index contributed by atoms with van der Waals surface area (Å²) in [5.41, 5.74) is 1.71. The van der Waals surface area contributed by atoms with Gasteiger partial charge in [-0.05, 0) is 30.7 Å². The number of aromatic nitrogens is 1. The molecule has 1 heterocycles. The van der Waals surface area contributed by atoms with Gasteiger partial charge in [-0.2, -0.15) is 10.5 Å². The lowest BCUT2D eigenvalue weighted by molar-refractivity contribution is -0.124. The molecule has 0 unspecified atom stereocenters. The zero-order valence-electron chi connectivity index (χ0n) is 13.7. The zero-order chi connectivity index (χ0) is 18.1. The SMILES string of the molecule is Cc1nc(COc2ccc(C=CC(=O)N(CC#N)CC#N)cc2)cs1. The van der Waals surface area contributed by atoms with Crippen molar-refractivity contribution in [3.8, 4) is 17.9 Å². The summed E-state index contributed by atoms with van der Waals surface area (Å²) in [6.07, 6.45) is 2.99. The molecule has 0 bridgehead atoms. The Morgan fingerprint density at radius 1 is 1.28 bits per heavy atom. The van der Waals surface area contributed by atoms with Gasteiger partial charge in [-0.25, -0.2) is 4.98 Å². The van der Waals surface area contributed by atoms with Crippen LogP contribution in [0.1, 0.15) is 16.3 Å². The first kappa shape index (κ1) is 18.2. The summed E-state index contributed by atoms with van der Waals surface area (Å²) < 4.78 is 5.66. The molecule has 2 rings (SSSR count). The summed E-state index contributed by atoms with van der Waals surface area (Å²) in [6.45, 7) is 2.14. The lowest BCUT2D eigenvalue weighted by atomic mass is 10.2. The molecule has 1 amide bonds. The Kier molecular flexibility index (Phi) is 6.70. The molecule has 6 nitrogen and oxygen atoms in total. The van der Waals surface area contributed by atoms with Gasteiger partial charge in [-0.3, -0.25) is 4.79 Å². The van der Waals surface area contributed by atoms with E-state index in [1.807, 2.05) is 48.7 Å². The van der Waals surface area contributed by atoms with E-state index in [9.17, 15) is 4.79 Å². The maximum atomic E-state index is 11.9. The van der Waals surface area contributed by atoms with Gasteiger partial charge in [0.05, 0.1) is 22.8 Å². The van der Waals surface area contributed by atoms with E-state index < -0.39 is 0 Å². The molecule has 0 fully saturated rings. The van der Waals surface area contributed by atoms with Crippen molar-refractivity contribution in [2.45, 2.75) is 13.5 Å². The van der Waals surface area contributed by atoms with Crippen LogP contribution < -0.4 is 4.74 Å². The van der Waals surface area contributed by atoms with Crippen LogP contribution in [0.2, 0.25) is 0 Å². The number of benzene rings is 1. The quantitative estimate of drug-likeness (QED) is 0.564. The van der Waals surface area contributed by atoms with Crippen LogP contribution in [-0.2, 0) is 11.4 Å². The van der Waals surface area contributed by atoms with Crippen molar-refractivity contribution in [3.63, 3.8) is 0 Å². The van der Waals surface area contributed by atoms with Gasteiger partial charge in [0, 0.05) is 11.5 Å². The van der Waals surface area contributed by atoms with E-state index in [1.54, 1.807) is 17.4 Å². The molecule has 126 valence electrons. The summed E-state index contributed by atoms with van der Waals surface area (Å²) in [5.74, 6) is 0.340. The summed E-state index contributed by atoms with van der Waals surface area (Å²) in [7, 11) is 0. The number of nitriles is 2. The molecule has 25 heavy (non-hydrogen) atoms. The van der Waals surface area contributed by atoms with Gasteiger partial charge in [0.15, 0.2) is 0 Å². The topological polar surface area (TPSA) is 90.0 Å². The minimum Gasteiger partial charge on any atom is -0.487 e. The average molecular weight is 352 g/mol. The van der Waals surface area contributed by atoms with Crippen LogP contribution in [0.4, 0.5) is 0 Å². The number of aryl methyl sites for hydroxylation is 1. The number of hydrogen-bond donors (Lipinski definition) is 0. The van der Waals surface area contributed by atoms with E-state index in [0.717, 1.165) is 16.3 Å². The minimum atomic E-state index is -0.373. The molecular formula is C18H16N4O2S. The van der Waals surface area contributed by atoms with Gasteiger partial charge < -0.3 is 9.64 Å². The molecule has 0 saturated carbocycles. The molecule has 1 aromatic heterocycles. The molecule has 0 saturated heterocycles. The van der Waals surface area contributed by atoms with Crippen molar-refractivity contribution in [3.05, 3.63) is 52.0 Å². The number of carbonyl (C=O) groups excluding carboxylic acids is 1. The number of ether oxygens (including phenoxy) is 1. The van der Waals surface area contributed by atoms with E-state index >= 15 is 0 Å². The van der Waals surface area contributed by atoms with Crippen molar-refractivity contribution in [1.82, 2.24) is 9.88 Å². The maximum absolute atomic E-state index is 11.9. The Morgan fingerprint density at radius 2 is 1.96 bits per heavy atom. The molecule has 0 radical (unpaired) electrons. The zero-order valence-corrected chi connectivity index (χ0v) is 14.5. The number of nitrogens with zero attached hydrogens (tertiary/aromatic N) is 4. The number of rotatable bonds is 7. The first-order valence-corrected chi connectivity index (χ1v) is 8.35. The summed E-state index contributed by atoms with van der Waals surface area (Å²) in [6, 6.07) is 11.0. The third kappa shape index (κ3) is 5.76. The highest BCUT2D eigenvalue weighted by molar-refractivity contribution is 7.09. The Labute approximate surface area is 150 Å². The molecular weight excluding hydrogens is 336 g/mol. The number of carbonyl (C=O) groups is 1. The maximum Gasteiger partial charge on any atom is 0.248 e. The van der Waals surface area contributed by atoms with Crippen molar-refractivity contribution in [2.75, 3.05) is 13.1 Å². The highest BCUT2D eigenvalue weighted by Crippen LogP contribution is 2.16. The summed E-state index contributed by atoms with van der Waals surface area (Å²) >= 11 is 1.58. The van der Waals surface area contributed by atoms with Gasteiger partial charge in [-0.1, -0.05) is 12.1 Å². The Hall–Kier alpha value is -3.16. The average Bonchev–Trinajstić information content (AvgIpc) is 3.04. The molecule has 7 heteroatoms. The van der Waals surface area contributed by atoms with E-state index in [0.29, 0.717) is 12.4 Å². The normalized spacial score (nSPS) is 10.2. The fraction of sp³-hybridized carbons (Fsp3) is 0.222. The molecule has 0 aliphatic heterocycles. The van der Waals surface area contributed by atoms with Crippen LogP contribution in [0.15, 0.2) is 35.7 Å². The molecule has 0 spiro atoms. The van der Waals surface area contributed by atoms with Crippen molar-refractivity contribution >= 4 is 23.3 Å². The lowest BCUT2D eigenvalue weighted by Gasteiger charge is -2.12. The second kappa shape index (κ2) is 9.21. The van der Waals surface area contributed by atoms with Crippen LogP contribution >= 0.6 is 11.3 Å². The van der Waals surface area contributed by atoms with Crippen LogP contribution in [-0.4, -0.2) is 28.9 Å². The third-order valence-corrected chi connectivity index (χ3v) is 4.01. The van der Waals surface area contributed by atoms with Crippen LogP contribution in [0.25, 0.3) is 6.08 Å². The van der Waals surface area contributed by atoms with E-state index in [4.69, 9.17) is 15.3 Å². The third-order valence-electron chi connectivity index (χ3n) is 3.19. The first-order valence-electron chi connectivity index (χ1n) is 7.47. The Balaban J connectivity index is 1.92. The molecule has 2 aromatic rings. The van der Waals surface area contributed by atoms with Gasteiger partial charge in [-0.15, -0.1) is 11.3 Å². The number of amides is 1. The van der Waals surface area contributed by atoms with Crippen molar-refractivity contribution in [1.29, 1.82) is 10.5 Å². The van der Waals surface area contributed by atoms with Crippen molar-refractivity contribution < 1.29 is 9.53 Å². The summed E-state index contributed by atoms with van der Waals surface area (Å²) in [5, 5.41) is 20.3. The summed E-state index contributed by atoms with van der Waals surface area (Å²) in [4.78, 5) is 17.4. The monoisotopic (exact) mass is 352 g/mol. The molecule has 0 aliphatic rings.